The van der Waals surface area contributed by atoms with Crippen molar-refractivity contribution in [1.29, 1.82) is 0 Å². The van der Waals surface area contributed by atoms with Gasteiger partial charge in [0.05, 0.1) is 18.9 Å². The van der Waals surface area contributed by atoms with Crippen LogP contribution in [0.15, 0.2) is 30.3 Å². The predicted octanol–water partition coefficient (Wildman–Crippen LogP) is -2.43. The second-order valence-electron chi connectivity index (χ2n) is 8.37. The molecule has 0 saturated carbocycles. The van der Waals surface area contributed by atoms with E-state index in [1.54, 1.807) is 30.3 Å². The van der Waals surface area contributed by atoms with Crippen molar-refractivity contribution >= 4 is 35.6 Å². The number of hydrogen-bond acceptors (Lipinski definition) is 8. The second kappa shape index (κ2) is 15.9. The Balaban J connectivity index is 2.97. The molecule has 0 spiro atoms. The van der Waals surface area contributed by atoms with E-state index >= 15 is 0 Å². The predicted molar refractivity (Wildman–Crippen MR) is 131 cm³/mol. The van der Waals surface area contributed by atoms with Crippen LogP contribution in [0.1, 0.15) is 37.7 Å². The van der Waals surface area contributed by atoms with Gasteiger partial charge in [-0.25, -0.2) is 4.79 Å². The molecule has 4 atom stereocenters. The summed E-state index contributed by atoms with van der Waals surface area (Å²) in [5.41, 5.74) is 17.0. The number of amides is 4. The van der Waals surface area contributed by atoms with Gasteiger partial charge in [-0.05, 0) is 24.9 Å². The molecule has 14 nitrogen and oxygen atoms in total. The topological polar surface area (TPSA) is 257 Å². The third-order valence-corrected chi connectivity index (χ3v) is 5.25. The van der Waals surface area contributed by atoms with Crippen LogP contribution in [0.5, 0.6) is 0 Å². The minimum Gasteiger partial charge on any atom is -0.481 e. The fourth-order valence-corrected chi connectivity index (χ4v) is 3.31. The summed E-state index contributed by atoms with van der Waals surface area (Å²) in [6.45, 7) is 0.399. The van der Waals surface area contributed by atoms with Crippen molar-refractivity contribution in [3.8, 4) is 0 Å². The van der Waals surface area contributed by atoms with Crippen molar-refractivity contribution in [3.05, 3.63) is 35.9 Å². The van der Waals surface area contributed by atoms with E-state index in [2.05, 4.69) is 16.0 Å². The van der Waals surface area contributed by atoms with Crippen molar-refractivity contribution in [2.75, 3.05) is 6.54 Å². The lowest BCUT2D eigenvalue weighted by molar-refractivity contribution is -0.143. The zero-order valence-electron chi connectivity index (χ0n) is 20.2. The summed E-state index contributed by atoms with van der Waals surface area (Å²) in [6, 6.07) is 2.73. The largest absolute Gasteiger partial charge is 0.481 e. The van der Waals surface area contributed by atoms with Gasteiger partial charge < -0.3 is 43.4 Å². The van der Waals surface area contributed by atoms with E-state index in [-0.39, 0.29) is 12.8 Å². The first-order valence-electron chi connectivity index (χ1n) is 11.6. The summed E-state index contributed by atoms with van der Waals surface area (Å²) in [7, 11) is 0. The number of nitrogens with one attached hydrogen (secondary N) is 3. The number of carboxylic acids is 2. The lowest BCUT2D eigenvalue weighted by Crippen LogP contribution is -2.58. The molecule has 37 heavy (non-hydrogen) atoms. The van der Waals surface area contributed by atoms with Gasteiger partial charge in [0.15, 0.2) is 0 Å². The summed E-state index contributed by atoms with van der Waals surface area (Å²) in [4.78, 5) is 72.5. The van der Waals surface area contributed by atoms with E-state index in [9.17, 15) is 39.0 Å². The number of carboxylic acid groups (broad SMARTS) is 2. The number of rotatable bonds is 17. The summed E-state index contributed by atoms with van der Waals surface area (Å²) in [5.74, 6) is -6.70. The molecule has 0 aliphatic heterocycles. The van der Waals surface area contributed by atoms with Crippen LogP contribution in [-0.4, -0.2) is 76.5 Å². The molecule has 1 rings (SSSR count). The molecule has 0 aliphatic carbocycles. The van der Waals surface area contributed by atoms with Crippen molar-refractivity contribution in [2.45, 2.75) is 62.7 Å². The van der Waals surface area contributed by atoms with Gasteiger partial charge in [-0.2, -0.15) is 0 Å². The molecule has 14 heteroatoms. The SMILES string of the molecule is NCCCCC(N)C(=O)NC(CC(=O)O)C(=O)NC(CC(N)=O)C(=O)NC(Cc1ccccc1)C(=O)O. The molecule has 4 unspecified atom stereocenters. The van der Waals surface area contributed by atoms with Gasteiger partial charge in [-0.1, -0.05) is 36.8 Å². The summed E-state index contributed by atoms with van der Waals surface area (Å²) >= 11 is 0. The Hall–Kier alpha value is -4.04. The van der Waals surface area contributed by atoms with Crippen LogP contribution in [0, 0.1) is 0 Å². The number of unbranched alkanes of at least 4 members (excludes halogenated alkanes) is 1. The van der Waals surface area contributed by atoms with Crippen LogP contribution in [-0.2, 0) is 35.2 Å². The van der Waals surface area contributed by atoms with Gasteiger partial charge in [-0.3, -0.25) is 24.0 Å². The normalized spacial score (nSPS) is 13.9. The Labute approximate surface area is 213 Å². The van der Waals surface area contributed by atoms with Crippen molar-refractivity contribution < 1.29 is 39.0 Å². The van der Waals surface area contributed by atoms with E-state index in [0.29, 0.717) is 24.9 Å². The van der Waals surface area contributed by atoms with Gasteiger partial charge in [0.1, 0.15) is 18.1 Å². The van der Waals surface area contributed by atoms with Crippen molar-refractivity contribution in [3.63, 3.8) is 0 Å². The highest BCUT2D eigenvalue weighted by Crippen LogP contribution is 2.06. The van der Waals surface area contributed by atoms with Gasteiger partial charge >= 0.3 is 11.9 Å². The molecule has 0 aromatic heterocycles. The van der Waals surface area contributed by atoms with E-state index < -0.39 is 72.6 Å². The molecule has 204 valence electrons. The molecule has 4 amide bonds. The third-order valence-electron chi connectivity index (χ3n) is 5.25. The van der Waals surface area contributed by atoms with E-state index in [0.717, 1.165) is 0 Å². The Morgan fingerprint density at radius 1 is 0.784 bits per heavy atom. The van der Waals surface area contributed by atoms with Gasteiger partial charge in [0.2, 0.25) is 23.6 Å². The average Bonchev–Trinajstić information content (AvgIpc) is 2.82. The smallest absolute Gasteiger partial charge is 0.326 e. The van der Waals surface area contributed by atoms with Gasteiger partial charge in [0, 0.05) is 6.42 Å². The van der Waals surface area contributed by atoms with Crippen LogP contribution in [0.25, 0.3) is 0 Å². The standard InChI is InChI=1S/C23H34N6O8/c24-9-5-4-8-14(25)20(33)27-16(12-19(31)32)22(35)28-15(11-18(26)30)21(34)29-17(23(36)37)10-13-6-2-1-3-7-13/h1-3,6-7,14-17H,4-5,8-12,24-25H2,(H2,26,30)(H,27,33)(H,28,35)(H,29,34)(H,31,32)(H,36,37). The maximum absolute atomic E-state index is 12.8. The molecule has 0 fully saturated rings. The fraction of sp³-hybridized carbons (Fsp3) is 0.478. The minimum absolute atomic E-state index is 0.0844. The quantitative estimate of drug-likeness (QED) is 0.100. The summed E-state index contributed by atoms with van der Waals surface area (Å²) < 4.78 is 0. The third kappa shape index (κ3) is 12.0. The van der Waals surface area contributed by atoms with E-state index in [1.165, 1.54) is 0 Å². The number of benzene rings is 1. The highest BCUT2D eigenvalue weighted by molar-refractivity contribution is 5.97. The first kappa shape index (κ1) is 31.0. The molecule has 0 bridgehead atoms. The Bertz CT molecular complexity index is 958. The highest BCUT2D eigenvalue weighted by Gasteiger charge is 2.32. The number of primary amides is 1. The number of carbonyl (C=O) groups excluding carboxylic acids is 4. The maximum Gasteiger partial charge on any atom is 0.326 e. The molecule has 0 heterocycles. The number of nitrogens with two attached hydrogens (primary N) is 3. The molecular weight excluding hydrogens is 488 g/mol. The minimum atomic E-state index is -1.63. The van der Waals surface area contributed by atoms with E-state index in [4.69, 9.17) is 17.2 Å². The molecule has 11 N–H and O–H groups in total. The molecule has 1 aromatic carbocycles. The summed E-state index contributed by atoms with van der Waals surface area (Å²) in [6.07, 6.45) is -0.236. The Morgan fingerprint density at radius 3 is 1.84 bits per heavy atom. The second-order valence-corrected chi connectivity index (χ2v) is 8.37. The lowest BCUT2D eigenvalue weighted by atomic mass is 10.0. The fourth-order valence-electron chi connectivity index (χ4n) is 3.31. The number of carbonyl (C=O) groups is 6. The maximum atomic E-state index is 12.8. The van der Waals surface area contributed by atoms with E-state index in [1.807, 2.05) is 0 Å². The lowest BCUT2D eigenvalue weighted by Gasteiger charge is -2.24. The summed E-state index contributed by atoms with van der Waals surface area (Å²) in [5, 5.41) is 25.4. The monoisotopic (exact) mass is 522 g/mol. The highest BCUT2D eigenvalue weighted by atomic mass is 16.4. The first-order valence-corrected chi connectivity index (χ1v) is 11.6. The van der Waals surface area contributed by atoms with Crippen molar-refractivity contribution in [2.24, 2.45) is 17.2 Å². The number of hydrogen-bond donors (Lipinski definition) is 8. The first-order chi connectivity index (χ1) is 17.4. The number of aliphatic carboxylic acids is 2. The van der Waals surface area contributed by atoms with Gasteiger partial charge in [-0.15, -0.1) is 0 Å². The zero-order chi connectivity index (χ0) is 28.0. The van der Waals surface area contributed by atoms with Crippen LogP contribution in [0.4, 0.5) is 0 Å². The molecule has 1 aromatic rings. The molecule has 0 saturated heterocycles. The van der Waals surface area contributed by atoms with Gasteiger partial charge in [0.25, 0.3) is 0 Å². The molecule has 0 radical (unpaired) electrons. The van der Waals surface area contributed by atoms with Crippen LogP contribution in [0.3, 0.4) is 0 Å². The van der Waals surface area contributed by atoms with Crippen LogP contribution in [0.2, 0.25) is 0 Å². The molecular formula is C23H34N6O8. The zero-order valence-corrected chi connectivity index (χ0v) is 20.2. The Kier molecular flexibility index (Phi) is 13.3. The van der Waals surface area contributed by atoms with Crippen molar-refractivity contribution in [1.82, 2.24) is 16.0 Å². The Morgan fingerprint density at radius 2 is 1.32 bits per heavy atom. The average molecular weight is 523 g/mol. The molecule has 0 aliphatic rings. The van der Waals surface area contributed by atoms with Crippen LogP contribution < -0.4 is 33.2 Å². The van der Waals surface area contributed by atoms with Crippen LogP contribution >= 0.6 is 0 Å².